The summed E-state index contributed by atoms with van der Waals surface area (Å²) in [5.41, 5.74) is 1.76. The van der Waals surface area contributed by atoms with Crippen LogP contribution in [-0.4, -0.2) is 28.8 Å². The summed E-state index contributed by atoms with van der Waals surface area (Å²) in [5, 5.41) is 2.97. The van der Waals surface area contributed by atoms with E-state index in [1.807, 2.05) is 49.4 Å². The standard InChI is InChI=1S/C25H25N3O4/c1-17-11-21(31-2)7-8-23(17)32-20-5-3-18(4-6-20)13-28-24(30)25(9-10-25)12-22(29)19-14-26-16-27-15-19/h3-8,11,14-16H,9-10,12-13H2,1-2H3,(H,28,30). The van der Waals surface area contributed by atoms with Crippen LogP contribution in [-0.2, 0) is 11.3 Å². The van der Waals surface area contributed by atoms with Crippen molar-refractivity contribution in [3.63, 3.8) is 0 Å². The molecule has 2 aromatic carbocycles. The highest BCUT2D eigenvalue weighted by molar-refractivity contribution is 6.00. The molecular weight excluding hydrogens is 406 g/mol. The summed E-state index contributed by atoms with van der Waals surface area (Å²) < 4.78 is 11.2. The summed E-state index contributed by atoms with van der Waals surface area (Å²) in [6, 6.07) is 13.2. The SMILES string of the molecule is COc1ccc(Oc2ccc(CNC(=O)C3(CC(=O)c4cncnc4)CC3)cc2)c(C)c1. The quantitative estimate of drug-likeness (QED) is 0.509. The molecule has 0 spiro atoms. The zero-order chi connectivity index (χ0) is 22.6. The average Bonchev–Trinajstić information content (AvgIpc) is 3.61. The van der Waals surface area contributed by atoms with Gasteiger partial charge < -0.3 is 14.8 Å². The van der Waals surface area contributed by atoms with Gasteiger partial charge in [0.05, 0.1) is 18.1 Å². The van der Waals surface area contributed by atoms with Crippen molar-refractivity contribution < 1.29 is 19.1 Å². The van der Waals surface area contributed by atoms with Gasteiger partial charge in [-0.3, -0.25) is 9.59 Å². The van der Waals surface area contributed by atoms with Crippen LogP contribution in [0.3, 0.4) is 0 Å². The van der Waals surface area contributed by atoms with E-state index in [0.29, 0.717) is 30.7 Å². The van der Waals surface area contributed by atoms with E-state index < -0.39 is 5.41 Å². The van der Waals surface area contributed by atoms with E-state index in [1.165, 1.54) is 18.7 Å². The second-order valence-corrected chi connectivity index (χ2v) is 8.07. The van der Waals surface area contributed by atoms with Crippen molar-refractivity contribution in [1.29, 1.82) is 0 Å². The first-order valence-electron chi connectivity index (χ1n) is 10.5. The van der Waals surface area contributed by atoms with Crippen LogP contribution in [0.25, 0.3) is 0 Å². The molecular formula is C25H25N3O4. The van der Waals surface area contributed by atoms with Gasteiger partial charge in [0.15, 0.2) is 5.78 Å². The second kappa shape index (κ2) is 9.18. The van der Waals surface area contributed by atoms with Gasteiger partial charge in [-0.2, -0.15) is 0 Å². The summed E-state index contributed by atoms with van der Waals surface area (Å²) in [7, 11) is 1.63. The first-order valence-corrected chi connectivity index (χ1v) is 10.5. The van der Waals surface area contributed by atoms with Gasteiger partial charge in [-0.1, -0.05) is 12.1 Å². The van der Waals surface area contributed by atoms with Gasteiger partial charge in [0.1, 0.15) is 23.6 Å². The lowest BCUT2D eigenvalue weighted by Crippen LogP contribution is -2.33. The third-order valence-electron chi connectivity index (χ3n) is 5.70. The van der Waals surface area contributed by atoms with Crippen molar-refractivity contribution in [3.05, 3.63) is 77.9 Å². The predicted molar refractivity (Wildman–Crippen MR) is 119 cm³/mol. The molecule has 1 aliphatic carbocycles. The number of methoxy groups -OCH3 is 1. The topological polar surface area (TPSA) is 90.4 Å². The van der Waals surface area contributed by atoms with Crippen LogP contribution in [0.2, 0.25) is 0 Å². The molecule has 1 fully saturated rings. The Labute approximate surface area is 186 Å². The Bertz CT molecular complexity index is 1110. The number of hydrogen-bond donors (Lipinski definition) is 1. The summed E-state index contributed by atoms with van der Waals surface area (Å²) in [5.74, 6) is 2.07. The molecule has 7 nitrogen and oxygen atoms in total. The van der Waals surface area contributed by atoms with E-state index in [1.54, 1.807) is 7.11 Å². The fourth-order valence-corrected chi connectivity index (χ4v) is 3.52. The molecule has 3 aromatic rings. The van der Waals surface area contributed by atoms with E-state index in [9.17, 15) is 9.59 Å². The molecule has 164 valence electrons. The maximum absolute atomic E-state index is 12.7. The second-order valence-electron chi connectivity index (χ2n) is 8.07. The predicted octanol–water partition coefficient (Wildman–Crippen LogP) is 4.26. The number of carbonyl (C=O) groups is 2. The number of carbonyl (C=O) groups excluding carboxylic acids is 2. The lowest BCUT2D eigenvalue weighted by Gasteiger charge is -2.15. The first-order chi connectivity index (χ1) is 15.5. The molecule has 1 heterocycles. The number of amides is 1. The molecule has 0 aliphatic heterocycles. The number of aromatic nitrogens is 2. The molecule has 1 aromatic heterocycles. The minimum absolute atomic E-state index is 0.0862. The van der Waals surface area contributed by atoms with Crippen LogP contribution in [0.5, 0.6) is 17.2 Å². The molecule has 0 saturated heterocycles. The minimum Gasteiger partial charge on any atom is -0.497 e. The number of Topliss-reactive ketones (excluding diaryl/α,β-unsaturated/α-hetero) is 1. The fourth-order valence-electron chi connectivity index (χ4n) is 3.52. The van der Waals surface area contributed by atoms with Crippen LogP contribution < -0.4 is 14.8 Å². The molecule has 1 amide bonds. The Morgan fingerprint density at radius 1 is 1.03 bits per heavy atom. The largest absolute Gasteiger partial charge is 0.497 e. The Morgan fingerprint density at radius 2 is 1.72 bits per heavy atom. The summed E-state index contributed by atoms with van der Waals surface area (Å²) in [4.78, 5) is 32.9. The van der Waals surface area contributed by atoms with E-state index in [4.69, 9.17) is 9.47 Å². The Balaban J connectivity index is 1.31. The monoisotopic (exact) mass is 431 g/mol. The van der Waals surface area contributed by atoms with Crippen LogP contribution in [0, 0.1) is 12.3 Å². The highest BCUT2D eigenvalue weighted by atomic mass is 16.5. The van der Waals surface area contributed by atoms with Gasteiger partial charge in [0.2, 0.25) is 5.91 Å². The van der Waals surface area contributed by atoms with Crippen LogP contribution in [0.15, 0.2) is 61.2 Å². The van der Waals surface area contributed by atoms with Crippen molar-refractivity contribution in [2.75, 3.05) is 7.11 Å². The van der Waals surface area contributed by atoms with Crippen LogP contribution in [0.4, 0.5) is 0 Å². The Hall–Kier alpha value is -3.74. The fraction of sp³-hybridized carbons (Fsp3) is 0.280. The van der Waals surface area contributed by atoms with Gasteiger partial charge in [-0.15, -0.1) is 0 Å². The normalized spacial score (nSPS) is 13.8. The highest BCUT2D eigenvalue weighted by Gasteiger charge is 2.50. The zero-order valence-electron chi connectivity index (χ0n) is 18.1. The number of hydrogen-bond acceptors (Lipinski definition) is 6. The molecule has 1 saturated carbocycles. The molecule has 4 rings (SSSR count). The maximum atomic E-state index is 12.7. The summed E-state index contributed by atoms with van der Waals surface area (Å²) in [6.45, 7) is 2.36. The third-order valence-corrected chi connectivity index (χ3v) is 5.70. The Kier molecular flexibility index (Phi) is 6.16. The average molecular weight is 431 g/mol. The van der Waals surface area contributed by atoms with Gasteiger partial charge in [-0.25, -0.2) is 9.97 Å². The zero-order valence-corrected chi connectivity index (χ0v) is 18.1. The number of nitrogens with one attached hydrogen (secondary N) is 1. The van der Waals surface area contributed by atoms with Crippen molar-refractivity contribution in [2.45, 2.75) is 32.7 Å². The molecule has 1 N–H and O–H groups in total. The van der Waals surface area contributed by atoms with Crippen molar-refractivity contribution in [1.82, 2.24) is 15.3 Å². The maximum Gasteiger partial charge on any atom is 0.226 e. The number of ketones is 1. The molecule has 0 unspecified atom stereocenters. The van der Waals surface area contributed by atoms with Crippen molar-refractivity contribution >= 4 is 11.7 Å². The molecule has 0 bridgehead atoms. The van der Waals surface area contributed by atoms with E-state index >= 15 is 0 Å². The van der Waals surface area contributed by atoms with E-state index in [0.717, 1.165) is 22.6 Å². The molecule has 1 aliphatic rings. The molecule has 7 heteroatoms. The summed E-state index contributed by atoms with van der Waals surface area (Å²) >= 11 is 0. The van der Waals surface area contributed by atoms with Crippen molar-refractivity contribution in [3.8, 4) is 17.2 Å². The number of nitrogens with zero attached hydrogens (tertiary/aromatic N) is 2. The molecule has 32 heavy (non-hydrogen) atoms. The van der Waals surface area contributed by atoms with E-state index in [-0.39, 0.29) is 18.1 Å². The smallest absolute Gasteiger partial charge is 0.226 e. The number of benzene rings is 2. The lowest BCUT2D eigenvalue weighted by atomic mass is 9.95. The highest BCUT2D eigenvalue weighted by Crippen LogP contribution is 2.49. The van der Waals surface area contributed by atoms with Crippen molar-refractivity contribution in [2.24, 2.45) is 5.41 Å². The first kappa shape index (κ1) is 21.5. The third kappa shape index (κ3) is 4.94. The van der Waals surface area contributed by atoms with E-state index in [2.05, 4.69) is 15.3 Å². The van der Waals surface area contributed by atoms with Crippen LogP contribution in [0.1, 0.15) is 40.7 Å². The molecule has 0 radical (unpaired) electrons. The Morgan fingerprint density at radius 3 is 2.34 bits per heavy atom. The van der Waals surface area contributed by atoms with Gasteiger partial charge in [-0.05, 0) is 61.2 Å². The number of aryl methyl sites for hydroxylation is 1. The number of ether oxygens (including phenoxy) is 2. The number of rotatable bonds is 9. The minimum atomic E-state index is -0.609. The van der Waals surface area contributed by atoms with Crippen LogP contribution >= 0.6 is 0 Å². The van der Waals surface area contributed by atoms with Gasteiger partial charge in [0, 0.05) is 25.4 Å². The van der Waals surface area contributed by atoms with Gasteiger partial charge >= 0.3 is 0 Å². The molecule has 0 atom stereocenters. The lowest BCUT2D eigenvalue weighted by molar-refractivity contribution is -0.126. The van der Waals surface area contributed by atoms with Gasteiger partial charge in [0.25, 0.3) is 0 Å². The summed E-state index contributed by atoms with van der Waals surface area (Å²) in [6.07, 6.45) is 5.96.